The minimum Gasteiger partial charge on any atom is -0.368 e. The van der Waals surface area contributed by atoms with Crippen LogP contribution in [0.5, 0.6) is 0 Å². The molecule has 1 aromatic rings. The van der Waals surface area contributed by atoms with Gasteiger partial charge in [-0.2, -0.15) is 0 Å². The van der Waals surface area contributed by atoms with Crippen LogP contribution in [0, 0.1) is 13.8 Å². The number of nitrogens with one attached hydrogen (secondary N) is 1. The van der Waals surface area contributed by atoms with Crippen molar-refractivity contribution in [3.05, 3.63) is 45.3 Å². The monoisotopic (exact) mass is 261 g/mol. The van der Waals surface area contributed by atoms with Crippen LogP contribution in [0.2, 0.25) is 0 Å². The highest BCUT2D eigenvalue weighted by molar-refractivity contribution is 5.86. The third-order valence-corrected chi connectivity index (χ3v) is 3.18. The van der Waals surface area contributed by atoms with E-state index in [4.69, 9.17) is 11.3 Å². The standard InChI is InChI=1S/C13H19N5O/c1-9-4-5-10(2)11(8-9)13(3,12(14)19)16-6-7-17-18-15/h4-5,8,16H,6-7H2,1-3H3,(H2,14,19). The Hall–Kier alpha value is -2.04. The lowest BCUT2D eigenvalue weighted by Gasteiger charge is -2.29. The van der Waals surface area contributed by atoms with Gasteiger partial charge in [-0.1, -0.05) is 28.9 Å². The largest absolute Gasteiger partial charge is 0.368 e. The minimum absolute atomic E-state index is 0.268. The maximum absolute atomic E-state index is 11.8. The molecule has 102 valence electrons. The number of carbonyl (C=O) groups excluding carboxylic acids is 1. The molecule has 6 nitrogen and oxygen atoms in total. The molecular formula is C13H19N5O. The van der Waals surface area contributed by atoms with E-state index >= 15 is 0 Å². The normalized spacial score (nSPS) is 13.4. The van der Waals surface area contributed by atoms with Crippen molar-refractivity contribution < 1.29 is 4.79 Å². The van der Waals surface area contributed by atoms with Crippen LogP contribution in [0.4, 0.5) is 0 Å². The van der Waals surface area contributed by atoms with Crippen LogP contribution in [0.15, 0.2) is 23.3 Å². The number of azide groups is 1. The molecule has 1 unspecified atom stereocenters. The van der Waals surface area contributed by atoms with Gasteiger partial charge in [0.1, 0.15) is 5.54 Å². The molecule has 0 aliphatic rings. The highest BCUT2D eigenvalue weighted by Crippen LogP contribution is 2.25. The maximum Gasteiger partial charge on any atom is 0.242 e. The molecule has 1 aromatic carbocycles. The molecule has 1 atom stereocenters. The summed E-state index contributed by atoms with van der Waals surface area (Å²) in [5, 5.41) is 6.51. The first-order valence-corrected chi connectivity index (χ1v) is 6.05. The van der Waals surface area contributed by atoms with E-state index in [-0.39, 0.29) is 6.54 Å². The first-order chi connectivity index (χ1) is 8.91. The van der Waals surface area contributed by atoms with Crippen molar-refractivity contribution in [2.24, 2.45) is 10.8 Å². The number of primary amides is 1. The van der Waals surface area contributed by atoms with Gasteiger partial charge in [-0.3, -0.25) is 10.1 Å². The van der Waals surface area contributed by atoms with E-state index in [2.05, 4.69) is 15.3 Å². The zero-order chi connectivity index (χ0) is 14.5. The van der Waals surface area contributed by atoms with E-state index in [0.29, 0.717) is 6.54 Å². The highest BCUT2D eigenvalue weighted by Gasteiger charge is 2.33. The second kappa shape index (κ2) is 6.22. The predicted octanol–water partition coefficient (Wildman–Crippen LogP) is 1.90. The van der Waals surface area contributed by atoms with Gasteiger partial charge in [0, 0.05) is 18.0 Å². The molecule has 0 saturated carbocycles. The fourth-order valence-electron chi connectivity index (χ4n) is 1.99. The Kier molecular flexibility index (Phi) is 4.92. The molecule has 0 spiro atoms. The summed E-state index contributed by atoms with van der Waals surface area (Å²) in [6.45, 7) is 6.30. The van der Waals surface area contributed by atoms with Crippen molar-refractivity contribution in [2.45, 2.75) is 26.3 Å². The van der Waals surface area contributed by atoms with Crippen LogP contribution < -0.4 is 11.1 Å². The van der Waals surface area contributed by atoms with E-state index in [1.165, 1.54) is 0 Å². The molecule has 19 heavy (non-hydrogen) atoms. The summed E-state index contributed by atoms with van der Waals surface area (Å²) in [6.07, 6.45) is 0. The van der Waals surface area contributed by atoms with Crippen LogP contribution in [0.25, 0.3) is 10.4 Å². The second-order valence-corrected chi connectivity index (χ2v) is 4.69. The van der Waals surface area contributed by atoms with Gasteiger partial charge in [-0.15, -0.1) is 0 Å². The zero-order valence-corrected chi connectivity index (χ0v) is 11.5. The van der Waals surface area contributed by atoms with Gasteiger partial charge in [0.15, 0.2) is 0 Å². The SMILES string of the molecule is Cc1ccc(C)c(C(C)(NCCN=[N+]=[N-])C(N)=O)c1. The van der Waals surface area contributed by atoms with E-state index < -0.39 is 11.4 Å². The average molecular weight is 261 g/mol. The third-order valence-electron chi connectivity index (χ3n) is 3.18. The number of nitrogens with zero attached hydrogens (tertiary/aromatic N) is 3. The Bertz CT molecular complexity index is 522. The molecule has 0 aliphatic carbocycles. The van der Waals surface area contributed by atoms with E-state index in [1.54, 1.807) is 6.92 Å². The van der Waals surface area contributed by atoms with Crippen LogP contribution in [0.3, 0.4) is 0 Å². The van der Waals surface area contributed by atoms with Gasteiger partial charge in [0.25, 0.3) is 0 Å². The number of nitrogens with two attached hydrogens (primary N) is 1. The number of aryl methyl sites for hydroxylation is 2. The lowest BCUT2D eigenvalue weighted by molar-refractivity contribution is -0.124. The molecule has 0 aromatic heterocycles. The van der Waals surface area contributed by atoms with Gasteiger partial charge in [-0.05, 0) is 37.4 Å². The summed E-state index contributed by atoms with van der Waals surface area (Å²) in [5.41, 5.74) is 15.7. The molecule has 0 fully saturated rings. The maximum atomic E-state index is 11.8. The quantitative estimate of drug-likeness (QED) is 0.353. The molecule has 0 radical (unpaired) electrons. The number of rotatable bonds is 6. The van der Waals surface area contributed by atoms with Gasteiger partial charge in [0.05, 0.1) is 0 Å². The highest BCUT2D eigenvalue weighted by atomic mass is 16.1. The van der Waals surface area contributed by atoms with Crippen molar-refractivity contribution in [3.63, 3.8) is 0 Å². The first kappa shape index (κ1) is 15.0. The molecule has 0 bridgehead atoms. The van der Waals surface area contributed by atoms with Crippen molar-refractivity contribution in [1.82, 2.24) is 5.32 Å². The van der Waals surface area contributed by atoms with Crippen molar-refractivity contribution in [2.75, 3.05) is 13.1 Å². The first-order valence-electron chi connectivity index (χ1n) is 6.05. The van der Waals surface area contributed by atoms with Crippen molar-refractivity contribution in [1.29, 1.82) is 0 Å². The zero-order valence-electron chi connectivity index (χ0n) is 11.5. The fourth-order valence-corrected chi connectivity index (χ4v) is 1.99. The number of hydrogen-bond acceptors (Lipinski definition) is 3. The lowest BCUT2D eigenvalue weighted by atomic mass is 9.86. The van der Waals surface area contributed by atoms with Crippen molar-refractivity contribution >= 4 is 5.91 Å². The van der Waals surface area contributed by atoms with Crippen LogP contribution in [-0.4, -0.2) is 19.0 Å². The second-order valence-electron chi connectivity index (χ2n) is 4.69. The molecule has 1 amide bonds. The topological polar surface area (TPSA) is 104 Å². The summed E-state index contributed by atoms with van der Waals surface area (Å²) >= 11 is 0. The van der Waals surface area contributed by atoms with Gasteiger partial charge >= 0.3 is 0 Å². The average Bonchev–Trinajstić information content (AvgIpc) is 2.37. The molecular weight excluding hydrogens is 242 g/mol. The Morgan fingerprint density at radius 3 is 2.79 bits per heavy atom. The number of benzene rings is 1. The molecule has 0 heterocycles. The van der Waals surface area contributed by atoms with E-state index in [9.17, 15) is 4.79 Å². The predicted molar refractivity (Wildman–Crippen MR) is 74.5 cm³/mol. The van der Waals surface area contributed by atoms with Gasteiger partial charge < -0.3 is 5.73 Å². The summed E-state index contributed by atoms with van der Waals surface area (Å²) < 4.78 is 0. The van der Waals surface area contributed by atoms with E-state index in [0.717, 1.165) is 16.7 Å². The summed E-state index contributed by atoms with van der Waals surface area (Å²) in [7, 11) is 0. The summed E-state index contributed by atoms with van der Waals surface area (Å²) in [6, 6.07) is 5.89. The van der Waals surface area contributed by atoms with Crippen LogP contribution in [-0.2, 0) is 10.3 Å². The Balaban J connectivity index is 3.07. The van der Waals surface area contributed by atoms with Crippen LogP contribution in [0.1, 0.15) is 23.6 Å². The minimum atomic E-state index is -0.971. The van der Waals surface area contributed by atoms with Crippen molar-refractivity contribution in [3.8, 4) is 0 Å². The molecule has 6 heteroatoms. The van der Waals surface area contributed by atoms with Crippen LogP contribution >= 0.6 is 0 Å². The number of hydrogen-bond donors (Lipinski definition) is 2. The van der Waals surface area contributed by atoms with E-state index in [1.807, 2.05) is 32.0 Å². The number of carbonyl (C=O) groups is 1. The van der Waals surface area contributed by atoms with Gasteiger partial charge in [0.2, 0.25) is 5.91 Å². The number of amides is 1. The third kappa shape index (κ3) is 3.47. The van der Waals surface area contributed by atoms with Gasteiger partial charge in [-0.25, -0.2) is 0 Å². The summed E-state index contributed by atoms with van der Waals surface area (Å²) in [5.74, 6) is -0.456. The molecule has 3 N–H and O–H groups in total. The Morgan fingerprint density at radius 1 is 1.53 bits per heavy atom. The fraction of sp³-hybridized carbons (Fsp3) is 0.462. The smallest absolute Gasteiger partial charge is 0.242 e. The lowest BCUT2D eigenvalue weighted by Crippen LogP contribution is -2.51. The Morgan fingerprint density at radius 2 is 2.21 bits per heavy atom. The molecule has 0 saturated heterocycles. The summed E-state index contributed by atoms with van der Waals surface area (Å²) in [4.78, 5) is 14.5. The molecule has 0 aliphatic heterocycles. The Labute approximate surface area is 112 Å². The molecule has 1 rings (SSSR count).